The first kappa shape index (κ1) is 15.6. The van der Waals surface area contributed by atoms with Crippen LogP contribution in [0.2, 0.25) is 0 Å². The summed E-state index contributed by atoms with van der Waals surface area (Å²) >= 11 is 0. The molecule has 0 fully saturated rings. The number of hydrogen-bond acceptors (Lipinski definition) is 4. The van der Waals surface area contributed by atoms with Gasteiger partial charge in [-0.3, -0.25) is 4.79 Å². The molecular formula is C19H15NO4. The number of furan rings is 1. The van der Waals surface area contributed by atoms with Crippen LogP contribution in [0.1, 0.15) is 16.1 Å². The zero-order chi connectivity index (χ0) is 17.1. The van der Waals surface area contributed by atoms with Crippen LogP contribution in [-0.4, -0.2) is 25.0 Å². The van der Waals surface area contributed by atoms with E-state index in [0.717, 1.165) is 16.2 Å². The van der Waals surface area contributed by atoms with E-state index in [1.165, 1.54) is 0 Å². The molecule has 0 aliphatic carbocycles. The minimum atomic E-state index is -0.677. The Kier molecular flexibility index (Phi) is 4.21. The minimum Gasteiger partial charge on any atom is -0.450 e. The first-order valence-corrected chi connectivity index (χ1v) is 7.40. The molecule has 120 valence electrons. The molecule has 24 heavy (non-hydrogen) atoms. The summed E-state index contributed by atoms with van der Waals surface area (Å²) in [5.74, 6) is 1.24. The Morgan fingerprint density at radius 2 is 2.00 bits per heavy atom. The van der Waals surface area contributed by atoms with Crippen LogP contribution in [0.25, 0.3) is 21.7 Å². The van der Waals surface area contributed by atoms with Crippen molar-refractivity contribution < 1.29 is 18.7 Å². The Hall–Kier alpha value is -3.26. The Balaban J connectivity index is 1.88. The van der Waals surface area contributed by atoms with Crippen LogP contribution in [0.5, 0.6) is 0 Å². The molecule has 0 aliphatic rings. The van der Waals surface area contributed by atoms with Gasteiger partial charge in [0, 0.05) is 16.3 Å². The highest BCUT2D eigenvalue weighted by atomic mass is 16.5. The number of carbonyl (C=O) groups is 2. The van der Waals surface area contributed by atoms with Crippen LogP contribution in [0.3, 0.4) is 0 Å². The van der Waals surface area contributed by atoms with Crippen molar-refractivity contribution in [1.29, 1.82) is 0 Å². The Bertz CT molecular complexity index is 978. The highest BCUT2D eigenvalue weighted by molar-refractivity contribution is 6.08. The van der Waals surface area contributed by atoms with Crippen LogP contribution in [0.15, 0.2) is 40.8 Å². The molecule has 0 atom stereocenters. The molecule has 0 bridgehead atoms. The molecule has 0 aliphatic heterocycles. The fourth-order valence-corrected chi connectivity index (χ4v) is 2.54. The third-order valence-electron chi connectivity index (χ3n) is 3.74. The molecule has 1 heterocycles. The topological polar surface area (TPSA) is 68.5 Å². The van der Waals surface area contributed by atoms with Crippen molar-refractivity contribution in [3.05, 3.63) is 47.7 Å². The molecule has 1 N–H and O–H groups in total. The van der Waals surface area contributed by atoms with E-state index in [1.54, 1.807) is 6.92 Å². The first-order chi connectivity index (χ1) is 11.6. The van der Waals surface area contributed by atoms with Crippen molar-refractivity contribution in [2.45, 2.75) is 6.92 Å². The molecule has 2 aromatic carbocycles. The number of terminal acetylenes is 1. The zero-order valence-electron chi connectivity index (χ0n) is 13.1. The number of benzene rings is 2. The van der Waals surface area contributed by atoms with E-state index in [4.69, 9.17) is 15.6 Å². The molecule has 3 aromatic rings. The Morgan fingerprint density at radius 3 is 2.79 bits per heavy atom. The molecule has 1 aromatic heterocycles. The molecule has 0 radical (unpaired) electrons. The molecule has 0 spiro atoms. The van der Waals surface area contributed by atoms with Gasteiger partial charge >= 0.3 is 5.97 Å². The van der Waals surface area contributed by atoms with E-state index < -0.39 is 18.5 Å². The van der Waals surface area contributed by atoms with E-state index >= 15 is 0 Å². The number of fused-ring (bicyclic) bond motifs is 3. The van der Waals surface area contributed by atoms with Crippen LogP contribution in [0.4, 0.5) is 0 Å². The van der Waals surface area contributed by atoms with E-state index in [-0.39, 0.29) is 12.3 Å². The zero-order valence-corrected chi connectivity index (χ0v) is 13.1. The van der Waals surface area contributed by atoms with Crippen molar-refractivity contribution in [2.24, 2.45) is 0 Å². The van der Waals surface area contributed by atoms with Gasteiger partial charge in [-0.05, 0) is 12.3 Å². The van der Waals surface area contributed by atoms with Crippen LogP contribution >= 0.6 is 0 Å². The summed E-state index contributed by atoms with van der Waals surface area (Å²) in [7, 11) is 0. The average Bonchev–Trinajstić information content (AvgIpc) is 2.95. The van der Waals surface area contributed by atoms with Crippen molar-refractivity contribution in [3.8, 4) is 12.3 Å². The highest BCUT2D eigenvalue weighted by Gasteiger charge is 2.21. The van der Waals surface area contributed by atoms with Crippen LogP contribution in [0, 0.1) is 19.3 Å². The van der Waals surface area contributed by atoms with Crippen LogP contribution in [-0.2, 0) is 9.53 Å². The maximum atomic E-state index is 12.2. The van der Waals surface area contributed by atoms with Gasteiger partial charge in [0.25, 0.3) is 5.91 Å². The van der Waals surface area contributed by atoms with Crippen molar-refractivity contribution in [3.63, 3.8) is 0 Å². The summed E-state index contributed by atoms with van der Waals surface area (Å²) in [4.78, 5) is 23.7. The van der Waals surface area contributed by atoms with Gasteiger partial charge in [0.1, 0.15) is 5.58 Å². The largest absolute Gasteiger partial charge is 0.450 e. The maximum absolute atomic E-state index is 12.2. The number of aryl methyl sites for hydroxylation is 1. The molecule has 5 nitrogen and oxygen atoms in total. The summed E-state index contributed by atoms with van der Waals surface area (Å²) in [6.45, 7) is 1.47. The summed E-state index contributed by atoms with van der Waals surface area (Å²) in [5, 5.41) is 5.21. The van der Waals surface area contributed by atoms with Crippen LogP contribution < -0.4 is 5.32 Å². The van der Waals surface area contributed by atoms with Gasteiger partial charge in [-0.25, -0.2) is 4.79 Å². The second kappa shape index (κ2) is 6.47. The van der Waals surface area contributed by atoms with E-state index in [1.807, 2.05) is 36.4 Å². The van der Waals surface area contributed by atoms with Gasteiger partial charge in [-0.15, -0.1) is 6.42 Å². The lowest BCUT2D eigenvalue weighted by Gasteiger charge is -2.03. The lowest BCUT2D eigenvalue weighted by Crippen LogP contribution is -2.29. The van der Waals surface area contributed by atoms with Gasteiger partial charge in [0.15, 0.2) is 6.61 Å². The minimum absolute atomic E-state index is 0.0893. The number of ether oxygens (including phenoxy) is 1. The maximum Gasteiger partial charge on any atom is 0.375 e. The van der Waals surface area contributed by atoms with Gasteiger partial charge in [0.2, 0.25) is 5.76 Å². The Labute approximate surface area is 138 Å². The van der Waals surface area contributed by atoms with Crippen molar-refractivity contribution in [2.75, 3.05) is 13.2 Å². The standard InChI is InChI=1S/C19H15NO4/c1-3-10-20-16(21)11-23-19(22)17-12(2)14-9-8-13-6-4-5-7-15(13)18(14)24-17/h1,4-9H,10-11H2,2H3,(H,20,21). The van der Waals surface area contributed by atoms with Gasteiger partial charge in [0.05, 0.1) is 6.54 Å². The fraction of sp³-hybridized carbons (Fsp3) is 0.158. The van der Waals surface area contributed by atoms with E-state index in [0.29, 0.717) is 11.1 Å². The van der Waals surface area contributed by atoms with Gasteiger partial charge in [-0.2, -0.15) is 0 Å². The molecule has 1 amide bonds. The molecule has 5 heteroatoms. The van der Waals surface area contributed by atoms with E-state index in [2.05, 4.69) is 11.2 Å². The SMILES string of the molecule is C#CCNC(=O)COC(=O)c1oc2c(ccc3ccccc32)c1C. The first-order valence-electron chi connectivity index (χ1n) is 7.40. The number of nitrogens with one attached hydrogen (secondary N) is 1. The normalized spacial score (nSPS) is 10.5. The quantitative estimate of drug-likeness (QED) is 0.592. The van der Waals surface area contributed by atoms with Gasteiger partial charge in [-0.1, -0.05) is 42.3 Å². The number of carbonyl (C=O) groups excluding carboxylic acids is 2. The monoisotopic (exact) mass is 321 g/mol. The number of rotatable bonds is 4. The number of esters is 1. The fourth-order valence-electron chi connectivity index (χ4n) is 2.54. The second-order valence-corrected chi connectivity index (χ2v) is 5.28. The lowest BCUT2D eigenvalue weighted by molar-refractivity contribution is -0.124. The third-order valence-corrected chi connectivity index (χ3v) is 3.74. The van der Waals surface area contributed by atoms with Crippen molar-refractivity contribution in [1.82, 2.24) is 5.32 Å². The lowest BCUT2D eigenvalue weighted by atomic mass is 10.1. The molecule has 0 unspecified atom stereocenters. The smallest absolute Gasteiger partial charge is 0.375 e. The van der Waals surface area contributed by atoms with E-state index in [9.17, 15) is 9.59 Å². The summed E-state index contributed by atoms with van der Waals surface area (Å²) in [6.07, 6.45) is 5.04. The molecule has 3 rings (SSSR count). The summed E-state index contributed by atoms with van der Waals surface area (Å²) in [6, 6.07) is 11.6. The third kappa shape index (κ3) is 2.82. The number of hydrogen-bond donors (Lipinski definition) is 1. The molecular weight excluding hydrogens is 306 g/mol. The molecule has 0 saturated heterocycles. The molecule has 0 saturated carbocycles. The Morgan fingerprint density at radius 1 is 1.21 bits per heavy atom. The van der Waals surface area contributed by atoms with Gasteiger partial charge < -0.3 is 14.5 Å². The highest BCUT2D eigenvalue weighted by Crippen LogP contribution is 2.31. The summed E-state index contributed by atoms with van der Waals surface area (Å²) < 4.78 is 10.7. The van der Waals surface area contributed by atoms with Crippen molar-refractivity contribution >= 4 is 33.6 Å². The number of amides is 1. The summed E-state index contributed by atoms with van der Waals surface area (Å²) in [5.41, 5.74) is 1.32. The second-order valence-electron chi connectivity index (χ2n) is 5.28. The predicted molar refractivity (Wildman–Crippen MR) is 90.6 cm³/mol. The predicted octanol–water partition coefficient (Wildman–Crippen LogP) is 2.80. The average molecular weight is 321 g/mol.